The maximum atomic E-state index is 5.33. The van der Waals surface area contributed by atoms with E-state index in [0.29, 0.717) is 0 Å². The molecular formula is C18H23NO2S. The highest BCUT2D eigenvalue weighted by Gasteiger charge is 2.04. The van der Waals surface area contributed by atoms with Gasteiger partial charge in [0.05, 0.1) is 14.2 Å². The van der Waals surface area contributed by atoms with Crippen LogP contribution in [0.25, 0.3) is 0 Å². The quantitative estimate of drug-likeness (QED) is 0.593. The number of nitrogens with one attached hydrogen (secondary N) is 1. The van der Waals surface area contributed by atoms with E-state index in [2.05, 4.69) is 41.9 Å². The fourth-order valence-corrected chi connectivity index (χ4v) is 2.65. The minimum atomic E-state index is 0.771. The molecule has 0 fully saturated rings. The van der Waals surface area contributed by atoms with E-state index in [1.807, 2.05) is 12.1 Å². The van der Waals surface area contributed by atoms with Gasteiger partial charge in [0.25, 0.3) is 0 Å². The minimum Gasteiger partial charge on any atom is -0.493 e. The van der Waals surface area contributed by atoms with Crippen molar-refractivity contribution in [2.24, 2.45) is 0 Å². The summed E-state index contributed by atoms with van der Waals surface area (Å²) in [5, 5.41) is 3.47. The maximum absolute atomic E-state index is 5.33. The Morgan fingerprint density at radius 1 is 0.909 bits per heavy atom. The molecule has 0 aliphatic carbocycles. The van der Waals surface area contributed by atoms with Gasteiger partial charge in [-0.2, -0.15) is 0 Å². The third-order valence-electron chi connectivity index (χ3n) is 3.53. The molecule has 118 valence electrons. The highest BCUT2D eigenvalue weighted by molar-refractivity contribution is 7.98. The number of ether oxygens (including phenoxy) is 2. The first kappa shape index (κ1) is 16.7. The van der Waals surface area contributed by atoms with Crippen molar-refractivity contribution in [1.82, 2.24) is 5.32 Å². The Morgan fingerprint density at radius 3 is 2.23 bits per heavy atom. The van der Waals surface area contributed by atoms with Gasteiger partial charge < -0.3 is 14.8 Å². The molecule has 22 heavy (non-hydrogen) atoms. The predicted octanol–water partition coefficient (Wildman–Crippen LogP) is 3.76. The van der Waals surface area contributed by atoms with Gasteiger partial charge in [-0.25, -0.2) is 0 Å². The van der Waals surface area contributed by atoms with Gasteiger partial charge in [-0.1, -0.05) is 18.2 Å². The minimum absolute atomic E-state index is 0.771. The molecule has 0 radical (unpaired) electrons. The van der Waals surface area contributed by atoms with Gasteiger partial charge in [0.15, 0.2) is 11.5 Å². The molecular weight excluding hydrogens is 294 g/mol. The molecule has 0 aromatic heterocycles. The molecule has 1 N–H and O–H groups in total. The van der Waals surface area contributed by atoms with E-state index in [1.165, 1.54) is 16.0 Å². The molecule has 0 bridgehead atoms. The van der Waals surface area contributed by atoms with E-state index in [0.717, 1.165) is 31.0 Å². The molecule has 2 rings (SSSR count). The summed E-state index contributed by atoms with van der Waals surface area (Å²) < 4.78 is 10.6. The average molecular weight is 317 g/mol. The molecule has 0 atom stereocenters. The third kappa shape index (κ3) is 4.68. The summed E-state index contributed by atoms with van der Waals surface area (Å²) in [6, 6.07) is 14.7. The summed E-state index contributed by atoms with van der Waals surface area (Å²) in [6.45, 7) is 1.82. The molecule has 0 unspecified atom stereocenters. The van der Waals surface area contributed by atoms with Gasteiger partial charge in [0.1, 0.15) is 0 Å². The standard InChI is InChI=1S/C18H23NO2S/c1-20-17-9-6-14(12-18(17)21-2)10-11-19-13-15-4-7-16(22-3)8-5-15/h4-9,12,19H,10-11,13H2,1-3H3. The molecule has 3 nitrogen and oxygen atoms in total. The molecule has 0 amide bonds. The zero-order chi connectivity index (χ0) is 15.8. The summed E-state index contributed by atoms with van der Waals surface area (Å²) in [5.41, 5.74) is 2.55. The molecule has 2 aromatic rings. The van der Waals surface area contributed by atoms with E-state index < -0.39 is 0 Å². The molecule has 0 aliphatic rings. The highest BCUT2D eigenvalue weighted by atomic mass is 32.2. The van der Waals surface area contributed by atoms with Crippen LogP contribution in [0.15, 0.2) is 47.4 Å². The van der Waals surface area contributed by atoms with Crippen LogP contribution in [-0.4, -0.2) is 27.0 Å². The molecule has 0 spiro atoms. The lowest BCUT2D eigenvalue weighted by molar-refractivity contribution is 0.354. The molecule has 2 aromatic carbocycles. The lowest BCUT2D eigenvalue weighted by atomic mass is 10.1. The Balaban J connectivity index is 1.80. The predicted molar refractivity (Wildman–Crippen MR) is 93.2 cm³/mol. The smallest absolute Gasteiger partial charge is 0.160 e. The Labute approximate surface area is 137 Å². The largest absolute Gasteiger partial charge is 0.493 e. The van der Waals surface area contributed by atoms with Crippen LogP contribution in [0, 0.1) is 0 Å². The van der Waals surface area contributed by atoms with E-state index in [4.69, 9.17) is 9.47 Å². The fraction of sp³-hybridized carbons (Fsp3) is 0.333. The van der Waals surface area contributed by atoms with Crippen molar-refractivity contribution in [3.05, 3.63) is 53.6 Å². The van der Waals surface area contributed by atoms with Crippen LogP contribution in [-0.2, 0) is 13.0 Å². The van der Waals surface area contributed by atoms with E-state index >= 15 is 0 Å². The van der Waals surface area contributed by atoms with E-state index in [1.54, 1.807) is 26.0 Å². The molecule has 4 heteroatoms. The van der Waals surface area contributed by atoms with Crippen molar-refractivity contribution in [2.45, 2.75) is 17.9 Å². The number of rotatable bonds is 8. The van der Waals surface area contributed by atoms with Gasteiger partial charge >= 0.3 is 0 Å². The Kier molecular flexibility index (Phi) is 6.62. The second-order valence-electron chi connectivity index (χ2n) is 4.96. The summed E-state index contributed by atoms with van der Waals surface area (Å²) >= 11 is 1.77. The number of methoxy groups -OCH3 is 2. The van der Waals surface area contributed by atoms with Gasteiger partial charge in [-0.3, -0.25) is 0 Å². The number of thioether (sulfide) groups is 1. The molecule has 0 saturated carbocycles. The summed E-state index contributed by atoms with van der Waals surface area (Å²) in [4.78, 5) is 1.30. The van der Waals surface area contributed by atoms with Gasteiger partial charge in [-0.15, -0.1) is 11.8 Å². The van der Waals surface area contributed by atoms with Crippen molar-refractivity contribution in [3.63, 3.8) is 0 Å². The van der Waals surface area contributed by atoms with Crippen LogP contribution < -0.4 is 14.8 Å². The maximum Gasteiger partial charge on any atom is 0.160 e. The summed E-state index contributed by atoms with van der Waals surface area (Å²) in [5.74, 6) is 1.56. The Hall–Kier alpha value is -1.65. The first-order valence-electron chi connectivity index (χ1n) is 7.31. The van der Waals surface area contributed by atoms with Gasteiger partial charge in [0, 0.05) is 11.4 Å². The van der Waals surface area contributed by atoms with Crippen LogP contribution >= 0.6 is 11.8 Å². The van der Waals surface area contributed by atoms with Crippen LogP contribution in [0.2, 0.25) is 0 Å². The summed E-state index contributed by atoms with van der Waals surface area (Å²) in [7, 11) is 3.32. The number of hydrogen-bond acceptors (Lipinski definition) is 4. The number of benzene rings is 2. The first-order chi connectivity index (χ1) is 10.8. The fourth-order valence-electron chi connectivity index (χ4n) is 2.24. The second-order valence-corrected chi connectivity index (χ2v) is 5.84. The van der Waals surface area contributed by atoms with Crippen molar-refractivity contribution >= 4 is 11.8 Å². The van der Waals surface area contributed by atoms with Crippen LogP contribution in [0.4, 0.5) is 0 Å². The summed E-state index contributed by atoms with van der Waals surface area (Å²) in [6.07, 6.45) is 3.06. The Bertz CT molecular complexity index is 584. The molecule has 0 heterocycles. The molecule has 0 aliphatic heterocycles. The Morgan fingerprint density at radius 2 is 1.59 bits per heavy atom. The normalized spacial score (nSPS) is 10.5. The van der Waals surface area contributed by atoms with Crippen LogP contribution in [0.3, 0.4) is 0 Å². The number of hydrogen-bond donors (Lipinski definition) is 1. The van der Waals surface area contributed by atoms with Gasteiger partial charge in [0.2, 0.25) is 0 Å². The average Bonchev–Trinajstić information content (AvgIpc) is 2.59. The zero-order valence-corrected chi connectivity index (χ0v) is 14.2. The lowest BCUT2D eigenvalue weighted by Gasteiger charge is -2.10. The van der Waals surface area contributed by atoms with Crippen LogP contribution in [0.1, 0.15) is 11.1 Å². The van der Waals surface area contributed by atoms with E-state index in [-0.39, 0.29) is 0 Å². The highest BCUT2D eigenvalue weighted by Crippen LogP contribution is 2.27. The third-order valence-corrected chi connectivity index (χ3v) is 4.27. The van der Waals surface area contributed by atoms with Crippen molar-refractivity contribution in [3.8, 4) is 11.5 Å². The lowest BCUT2D eigenvalue weighted by Crippen LogP contribution is -2.16. The second kappa shape index (κ2) is 8.71. The van der Waals surface area contributed by atoms with Crippen molar-refractivity contribution < 1.29 is 9.47 Å². The topological polar surface area (TPSA) is 30.5 Å². The monoisotopic (exact) mass is 317 g/mol. The van der Waals surface area contributed by atoms with Crippen molar-refractivity contribution in [2.75, 3.05) is 27.0 Å². The van der Waals surface area contributed by atoms with Crippen LogP contribution in [0.5, 0.6) is 11.5 Å². The van der Waals surface area contributed by atoms with E-state index in [9.17, 15) is 0 Å². The first-order valence-corrected chi connectivity index (χ1v) is 8.54. The van der Waals surface area contributed by atoms with Crippen molar-refractivity contribution in [1.29, 1.82) is 0 Å². The zero-order valence-electron chi connectivity index (χ0n) is 13.4. The van der Waals surface area contributed by atoms with Gasteiger partial charge in [-0.05, 0) is 54.6 Å². The SMILES string of the molecule is COc1ccc(CCNCc2ccc(SC)cc2)cc1OC. The molecule has 0 saturated heterocycles.